The average Bonchev–Trinajstić information content (AvgIpc) is 2.74. The Morgan fingerprint density at radius 3 is 2.11 bits per heavy atom. The molecule has 3 aromatic rings. The Morgan fingerprint density at radius 2 is 1.41 bits per heavy atom. The molecule has 140 valence electrons. The van der Waals surface area contributed by atoms with Gasteiger partial charge in [-0.3, -0.25) is 10.9 Å². The summed E-state index contributed by atoms with van der Waals surface area (Å²) in [7, 11) is 0. The number of anilines is 3. The number of para-hydroxylation sites is 1. The number of nitrogens with zero attached hydrogens (tertiary/aromatic N) is 1. The first kappa shape index (κ1) is 19.9. The van der Waals surface area contributed by atoms with Crippen LogP contribution in [-0.4, -0.2) is 18.8 Å². The van der Waals surface area contributed by atoms with Gasteiger partial charge in [0.1, 0.15) is 0 Å². The third-order valence-electron chi connectivity index (χ3n) is 3.98. The van der Waals surface area contributed by atoms with Gasteiger partial charge in [-0.15, -0.1) is 35.3 Å². The van der Waals surface area contributed by atoms with E-state index in [1.165, 1.54) is 14.7 Å². The molecular weight excluding hydrogens is 390 g/mol. The summed E-state index contributed by atoms with van der Waals surface area (Å²) in [6.45, 7) is 0. The molecule has 0 aliphatic rings. The van der Waals surface area contributed by atoms with Gasteiger partial charge in [0.2, 0.25) is 0 Å². The number of hydrogen-bond donors (Lipinski definition) is 2. The highest BCUT2D eigenvalue weighted by Crippen LogP contribution is 2.28. The number of thioether (sulfide) groups is 3. The molecule has 0 heterocycles. The van der Waals surface area contributed by atoms with Crippen LogP contribution < -0.4 is 16.0 Å². The highest BCUT2D eigenvalue weighted by atomic mass is 32.2. The molecular formula is C21H23N3S3. The third-order valence-corrected chi connectivity index (χ3v) is 6.25. The van der Waals surface area contributed by atoms with E-state index in [9.17, 15) is 0 Å². The van der Waals surface area contributed by atoms with Crippen molar-refractivity contribution < 1.29 is 0 Å². The van der Waals surface area contributed by atoms with Gasteiger partial charge in [-0.2, -0.15) is 5.12 Å². The van der Waals surface area contributed by atoms with Gasteiger partial charge in [-0.25, -0.2) is 0 Å². The highest BCUT2D eigenvalue weighted by molar-refractivity contribution is 7.99. The van der Waals surface area contributed by atoms with Crippen molar-refractivity contribution >= 4 is 52.3 Å². The van der Waals surface area contributed by atoms with Gasteiger partial charge in [0.05, 0.1) is 17.1 Å². The van der Waals surface area contributed by atoms with Crippen LogP contribution in [0.15, 0.2) is 87.5 Å². The molecule has 0 bridgehead atoms. The molecule has 0 aromatic heterocycles. The minimum atomic E-state index is 1.02. The Bertz CT molecular complexity index is 869. The number of nitrogens with one attached hydrogen (secondary N) is 2. The summed E-state index contributed by atoms with van der Waals surface area (Å²) < 4.78 is 0. The van der Waals surface area contributed by atoms with E-state index < -0.39 is 0 Å². The van der Waals surface area contributed by atoms with Crippen LogP contribution in [0.5, 0.6) is 0 Å². The van der Waals surface area contributed by atoms with Crippen LogP contribution >= 0.6 is 35.3 Å². The fourth-order valence-corrected chi connectivity index (χ4v) is 3.97. The van der Waals surface area contributed by atoms with Crippen LogP contribution in [-0.2, 0) is 0 Å². The lowest BCUT2D eigenvalue weighted by molar-refractivity contribution is 1.04. The molecule has 0 aliphatic heterocycles. The number of rotatable bonds is 8. The van der Waals surface area contributed by atoms with E-state index in [0.29, 0.717) is 0 Å². The maximum atomic E-state index is 3.53. The zero-order valence-corrected chi connectivity index (χ0v) is 18.0. The van der Waals surface area contributed by atoms with Gasteiger partial charge in [-0.1, -0.05) is 18.2 Å². The van der Waals surface area contributed by atoms with Crippen molar-refractivity contribution in [1.29, 1.82) is 0 Å². The van der Waals surface area contributed by atoms with Crippen LogP contribution in [0.1, 0.15) is 0 Å². The number of hydrazine groups is 2. The lowest BCUT2D eigenvalue weighted by atomic mass is 10.3. The molecule has 0 saturated carbocycles. The second-order valence-electron chi connectivity index (χ2n) is 5.69. The largest absolute Gasteiger partial charge is 0.280 e. The van der Waals surface area contributed by atoms with Crippen molar-refractivity contribution in [3.63, 3.8) is 0 Å². The van der Waals surface area contributed by atoms with Crippen LogP contribution in [0.4, 0.5) is 17.1 Å². The molecule has 3 aromatic carbocycles. The van der Waals surface area contributed by atoms with E-state index >= 15 is 0 Å². The first-order chi connectivity index (χ1) is 13.2. The zero-order chi connectivity index (χ0) is 19.1. The van der Waals surface area contributed by atoms with E-state index in [2.05, 4.69) is 96.3 Å². The van der Waals surface area contributed by atoms with Crippen LogP contribution in [0.25, 0.3) is 0 Å². The lowest BCUT2D eigenvalue weighted by Gasteiger charge is -2.29. The summed E-state index contributed by atoms with van der Waals surface area (Å²) in [5.41, 5.74) is 10.2. The Balaban J connectivity index is 1.92. The van der Waals surface area contributed by atoms with Crippen molar-refractivity contribution in [1.82, 2.24) is 0 Å². The maximum Gasteiger partial charge on any atom is 0.0822 e. The summed E-state index contributed by atoms with van der Waals surface area (Å²) >= 11 is 5.21. The molecule has 0 saturated heterocycles. The lowest BCUT2D eigenvalue weighted by Crippen LogP contribution is -2.35. The molecule has 2 N–H and O–H groups in total. The molecule has 6 heteroatoms. The third kappa shape index (κ3) is 5.31. The fraction of sp³-hybridized carbons (Fsp3) is 0.143. The van der Waals surface area contributed by atoms with E-state index in [4.69, 9.17) is 0 Å². The summed E-state index contributed by atoms with van der Waals surface area (Å²) in [4.78, 5) is 3.66. The average molecular weight is 414 g/mol. The smallest absolute Gasteiger partial charge is 0.0822 e. The van der Waals surface area contributed by atoms with Crippen molar-refractivity contribution in [2.45, 2.75) is 14.7 Å². The summed E-state index contributed by atoms with van der Waals surface area (Å²) in [5, 5.41) is 1.98. The van der Waals surface area contributed by atoms with Gasteiger partial charge >= 0.3 is 0 Å². The van der Waals surface area contributed by atoms with E-state index in [1.54, 1.807) is 35.3 Å². The fourth-order valence-electron chi connectivity index (χ4n) is 2.56. The molecule has 0 unspecified atom stereocenters. The van der Waals surface area contributed by atoms with Crippen LogP contribution in [0.3, 0.4) is 0 Å². The van der Waals surface area contributed by atoms with Crippen molar-refractivity contribution in [3.05, 3.63) is 72.8 Å². The summed E-state index contributed by atoms with van der Waals surface area (Å²) in [6, 6.07) is 25.2. The normalized spacial score (nSPS) is 10.5. The standard InChI is InChI=1S/C21H23N3S3/c1-25-18-13-11-16(12-14-18)22-24(17-7-6-8-19(15-17)26-2)23-20-9-4-5-10-21(20)27-3/h4-15,22-23H,1-3H3. The van der Waals surface area contributed by atoms with Gasteiger partial charge in [0.25, 0.3) is 0 Å². The quantitative estimate of drug-likeness (QED) is 0.315. The van der Waals surface area contributed by atoms with Gasteiger partial charge in [-0.05, 0) is 73.4 Å². The molecule has 0 amide bonds. The van der Waals surface area contributed by atoms with E-state index in [1.807, 2.05) is 11.2 Å². The molecule has 0 radical (unpaired) electrons. The first-order valence-electron chi connectivity index (χ1n) is 8.48. The monoisotopic (exact) mass is 413 g/mol. The predicted molar refractivity (Wildman–Crippen MR) is 124 cm³/mol. The number of benzene rings is 3. The molecule has 0 spiro atoms. The van der Waals surface area contributed by atoms with Gasteiger partial charge in [0, 0.05) is 14.7 Å². The molecule has 0 fully saturated rings. The molecule has 3 rings (SSSR count). The topological polar surface area (TPSA) is 27.3 Å². The van der Waals surface area contributed by atoms with Crippen LogP contribution in [0, 0.1) is 0 Å². The van der Waals surface area contributed by atoms with Crippen molar-refractivity contribution in [2.24, 2.45) is 0 Å². The second-order valence-corrected chi connectivity index (χ2v) is 8.30. The first-order valence-corrected chi connectivity index (χ1v) is 12.2. The summed E-state index contributed by atoms with van der Waals surface area (Å²) in [5.74, 6) is 0. The van der Waals surface area contributed by atoms with Crippen molar-refractivity contribution in [3.8, 4) is 0 Å². The zero-order valence-electron chi connectivity index (χ0n) is 15.6. The second kappa shape index (κ2) is 9.88. The minimum Gasteiger partial charge on any atom is -0.280 e. The highest BCUT2D eigenvalue weighted by Gasteiger charge is 2.10. The van der Waals surface area contributed by atoms with Gasteiger partial charge in [0.15, 0.2) is 0 Å². The van der Waals surface area contributed by atoms with E-state index in [-0.39, 0.29) is 0 Å². The predicted octanol–water partition coefficient (Wildman–Crippen LogP) is 6.71. The molecule has 3 nitrogen and oxygen atoms in total. The van der Waals surface area contributed by atoms with Crippen molar-refractivity contribution in [2.75, 3.05) is 34.7 Å². The molecule has 0 atom stereocenters. The van der Waals surface area contributed by atoms with Gasteiger partial charge < -0.3 is 0 Å². The Kier molecular flexibility index (Phi) is 7.26. The maximum absolute atomic E-state index is 3.53. The van der Waals surface area contributed by atoms with E-state index in [0.717, 1.165) is 17.1 Å². The summed E-state index contributed by atoms with van der Waals surface area (Å²) in [6.07, 6.45) is 6.27. The SMILES string of the molecule is CSc1ccc(NN(Nc2ccccc2SC)c2cccc(SC)c2)cc1. The molecule has 27 heavy (non-hydrogen) atoms. The Labute approximate surface area is 174 Å². The minimum absolute atomic E-state index is 1.02. The Morgan fingerprint density at radius 1 is 0.667 bits per heavy atom. The molecule has 0 aliphatic carbocycles. The van der Waals surface area contributed by atoms with Crippen LogP contribution in [0.2, 0.25) is 0 Å². The number of hydrogen-bond acceptors (Lipinski definition) is 6. The Hall–Kier alpha value is -1.89.